The highest BCUT2D eigenvalue weighted by Crippen LogP contribution is 2.25. The van der Waals surface area contributed by atoms with Crippen molar-refractivity contribution in [3.63, 3.8) is 0 Å². The fraction of sp³-hybridized carbons (Fsp3) is 0.609. The molecule has 0 spiro atoms. The summed E-state index contributed by atoms with van der Waals surface area (Å²) in [5, 5.41) is 0.949. The number of carbonyl (C=O) groups is 1. The van der Waals surface area contributed by atoms with E-state index in [2.05, 4.69) is 41.0 Å². The lowest BCUT2D eigenvalue weighted by Gasteiger charge is -2.41. The first kappa shape index (κ1) is 22.5. The third-order valence-electron chi connectivity index (χ3n) is 5.88. The number of hydrogen-bond donors (Lipinski definition) is 0. The van der Waals surface area contributed by atoms with Crippen LogP contribution in [-0.2, 0) is 11.2 Å². The molecule has 164 valence electrons. The minimum absolute atomic E-state index is 0.162. The maximum absolute atomic E-state index is 13.0. The smallest absolute Gasteiger partial charge is 0.226 e. The van der Waals surface area contributed by atoms with Crippen molar-refractivity contribution in [3.05, 3.63) is 35.7 Å². The molecule has 6 nitrogen and oxygen atoms in total. The Morgan fingerprint density at radius 2 is 2.17 bits per heavy atom. The SMILES string of the molecule is CCCC[C@@H](CC)C(=O)N1CCN(c2nc(Cc3cccc(OC)c3)ns2)C[C@@H]1C. The number of anilines is 1. The molecule has 2 heterocycles. The second-order valence-corrected chi connectivity index (χ2v) is 8.83. The van der Waals surface area contributed by atoms with Crippen LogP contribution >= 0.6 is 11.5 Å². The average molecular weight is 431 g/mol. The lowest BCUT2D eigenvalue weighted by Crippen LogP contribution is -2.55. The van der Waals surface area contributed by atoms with Crippen molar-refractivity contribution in [2.45, 2.75) is 58.9 Å². The summed E-state index contributed by atoms with van der Waals surface area (Å²) in [6.07, 6.45) is 4.89. The monoisotopic (exact) mass is 430 g/mol. The van der Waals surface area contributed by atoms with Gasteiger partial charge in [-0.2, -0.15) is 4.37 Å². The van der Waals surface area contributed by atoms with Gasteiger partial charge in [-0.05, 0) is 37.5 Å². The number of ether oxygens (including phenoxy) is 1. The molecule has 30 heavy (non-hydrogen) atoms. The molecule has 1 aliphatic heterocycles. The van der Waals surface area contributed by atoms with Crippen molar-refractivity contribution >= 4 is 22.6 Å². The maximum Gasteiger partial charge on any atom is 0.226 e. The molecular formula is C23H34N4O2S. The zero-order valence-corrected chi connectivity index (χ0v) is 19.5. The predicted octanol–water partition coefficient (Wildman–Crippen LogP) is 4.39. The third kappa shape index (κ3) is 5.50. The molecule has 0 saturated carbocycles. The molecule has 7 heteroatoms. The van der Waals surface area contributed by atoms with E-state index >= 15 is 0 Å². The van der Waals surface area contributed by atoms with Crippen LogP contribution in [0.3, 0.4) is 0 Å². The molecular weight excluding hydrogens is 396 g/mol. The van der Waals surface area contributed by atoms with E-state index in [1.165, 1.54) is 11.5 Å². The molecule has 0 bridgehead atoms. The van der Waals surface area contributed by atoms with Crippen LogP contribution in [0.25, 0.3) is 0 Å². The van der Waals surface area contributed by atoms with Gasteiger partial charge >= 0.3 is 0 Å². The van der Waals surface area contributed by atoms with Crippen molar-refractivity contribution in [2.24, 2.45) is 5.92 Å². The number of benzene rings is 1. The summed E-state index contributed by atoms with van der Waals surface area (Å²) < 4.78 is 9.87. The normalized spacial score (nSPS) is 17.8. The van der Waals surface area contributed by atoms with Crippen molar-refractivity contribution in [2.75, 3.05) is 31.6 Å². The molecule has 0 radical (unpaired) electrons. The summed E-state index contributed by atoms with van der Waals surface area (Å²) in [4.78, 5) is 22.1. The van der Waals surface area contributed by atoms with E-state index in [-0.39, 0.29) is 12.0 Å². The number of methoxy groups -OCH3 is 1. The van der Waals surface area contributed by atoms with Gasteiger partial charge in [-0.25, -0.2) is 4.98 Å². The van der Waals surface area contributed by atoms with Crippen LogP contribution in [0.5, 0.6) is 5.75 Å². The van der Waals surface area contributed by atoms with Gasteiger partial charge in [0.25, 0.3) is 0 Å². The van der Waals surface area contributed by atoms with Crippen LogP contribution < -0.4 is 9.64 Å². The van der Waals surface area contributed by atoms with Gasteiger partial charge in [0, 0.05) is 49.5 Å². The highest BCUT2D eigenvalue weighted by molar-refractivity contribution is 7.09. The number of rotatable bonds is 9. The Balaban J connectivity index is 1.59. The van der Waals surface area contributed by atoms with Gasteiger partial charge in [0.1, 0.15) is 11.6 Å². The van der Waals surface area contributed by atoms with Gasteiger partial charge in [-0.3, -0.25) is 4.79 Å². The minimum Gasteiger partial charge on any atom is -0.497 e. The van der Waals surface area contributed by atoms with Gasteiger partial charge < -0.3 is 14.5 Å². The summed E-state index contributed by atoms with van der Waals surface area (Å²) in [5.41, 5.74) is 1.14. The van der Waals surface area contributed by atoms with Crippen LogP contribution in [0.4, 0.5) is 5.13 Å². The number of piperazine rings is 1. The Bertz CT molecular complexity index is 825. The Morgan fingerprint density at radius 1 is 1.33 bits per heavy atom. The maximum atomic E-state index is 13.0. The first-order valence-corrected chi connectivity index (χ1v) is 11.8. The summed E-state index contributed by atoms with van der Waals surface area (Å²) in [6.45, 7) is 8.84. The fourth-order valence-electron chi connectivity index (χ4n) is 4.06. The minimum atomic E-state index is 0.162. The van der Waals surface area contributed by atoms with Crippen LogP contribution in [0.2, 0.25) is 0 Å². The average Bonchev–Trinajstić information content (AvgIpc) is 3.22. The topological polar surface area (TPSA) is 58.6 Å². The molecule has 2 aromatic rings. The molecule has 1 aliphatic rings. The highest BCUT2D eigenvalue weighted by atomic mass is 32.1. The van der Waals surface area contributed by atoms with Crippen molar-refractivity contribution in [1.82, 2.24) is 14.3 Å². The third-order valence-corrected chi connectivity index (χ3v) is 6.70. The Morgan fingerprint density at radius 3 is 2.87 bits per heavy atom. The lowest BCUT2D eigenvalue weighted by molar-refractivity contribution is -0.138. The standard InChI is InChI=1S/C23H34N4O2S/c1-5-7-10-19(6-2)22(28)27-13-12-26(16-17(27)3)23-24-21(25-30-23)15-18-9-8-11-20(14-18)29-4/h8-9,11,14,17,19H,5-7,10,12-13,15-16H2,1-4H3/t17-,19+/m0/s1. The first-order valence-electron chi connectivity index (χ1n) is 11.1. The quantitative estimate of drug-likeness (QED) is 0.590. The second kappa shape index (κ2) is 10.8. The zero-order valence-electron chi connectivity index (χ0n) is 18.6. The van der Waals surface area contributed by atoms with E-state index < -0.39 is 0 Å². The molecule has 0 N–H and O–H groups in total. The molecule has 1 fully saturated rings. The molecule has 1 aromatic heterocycles. The molecule has 3 rings (SSSR count). The summed E-state index contributed by atoms with van der Waals surface area (Å²) >= 11 is 1.45. The molecule has 1 amide bonds. The van der Waals surface area contributed by atoms with Crippen molar-refractivity contribution < 1.29 is 9.53 Å². The van der Waals surface area contributed by atoms with Crippen molar-refractivity contribution in [3.8, 4) is 5.75 Å². The van der Waals surface area contributed by atoms with E-state index in [9.17, 15) is 4.79 Å². The van der Waals surface area contributed by atoms with E-state index in [0.29, 0.717) is 12.3 Å². The van der Waals surface area contributed by atoms with Crippen LogP contribution in [0.1, 0.15) is 57.8 Å². The number of hydrogen-bond acceptors (Lipinski definition) is 6. The molecule has 0 aliphatic carbocycles. The van der Waals surface area contributed by atoms with Crippen molar-refractivity contribution in [1.29, 1.82) is 0 Å². The van der Waals surface area contributed by atoms with E-state index in [4.69, 9.17) is 9.72 Å². The van der Waals surface area contributed by atoms with E-state index in [0.717, 1.165) is 67.6 Å². The van der Waals surface area contributed by atoms with Gasteiger partial charge in [-0.1, -0.05) is 38.8 Å². The molecule has 0 unspecified atom stereocenters. The number of nitrogens with zero attached hydrogens (tertiary/aromatic N) is 4. The fourth-order valence-corrected chi connectivity index (χ4v) is 4.78. The predicted molar refractivity (Wildman–Crippen MR) is 122 cm³/mol. The van der Waals surface area contributed by atoms with Gasteiger partial charge in [0.15, 0.2) is 0 Å². The summed E-state index contributed by atoms with van der Waals surface area (Å²) in [5.74, 6) is 2.17. The van der Waals surface area contributed by atoms with Crippen LogP contribution in [-0.4, -0.2) is 53.0 Å². The van der Waals surface area contributed by atoms with Crippen LogP contribution in [0.15, 0.2) is 24.3 Å². The molecule has 2 atom stereocenters. The summed E-state index contributed by atoms with van der Waals surface area (Å²) in [7, 11) is 1.68. The zero-order chi connectivity index (χ0) is 21.5. The lowest BCUT2D eigenvalue weighted by atomic mass is 9.96. The number of aromatic nitrogens is 2. The Hall–Kier alpha value is -2.15. The first-order chi connectivity index (χ1) is 14.5. The Labute approximate surface area is 184 Å². The Kier molecular flexibility index (Phi) is 8.08. The summed E-state index contributed by atoms with van der Waals surface area (Å²) in [6, 6.07) is 8.21. The largest absolute Gasteiger partial charge is 0.497 e. The highest BCUT2D eigenvalue weighted by Gasteiger charge is 2.31. The van der Waals surface area contributed by atoms with Gasteiger partial charge in [0.2, 0.25) is 11.0 Å². The molecule has 1 aromatic carbocycles. The van der Waals surface area contributed by atoms with Crippen LogP contribution in [0, 0.1) is 5.92 Å². The number of unbranched alkanes of at least 4 members (excludes halogenated alkanes) is 1. The number of amides is 1. The van der Waals surface area contributed by atoms with E-state index in [1.807, 2.05) is 18.2 Å². The number of carbonyl (C=O) groups excluding carboxylic acids is 1. The van der Waals surface area contributed by atoms with E-state index in [1.54, 1.807) is 7.11 Å². The molecule has 1 saturated heterocycles. The second-order valence-electron chi connectivity index (χ2n) is 8.10. The van der Waals surface area contributed by atoms with Gasteiger partial charge in [-0.15, -0.1) is 0 Å². The van der Waals surface area contributed by atoms with Gasteiger partial charge in [0.05, 0.1) is 7.11 Å².